The topological polar surface area (TPSA) is 60.2 Å². The molecule has 2 unspecified atom stereocenters. The summed E-state index contributed by atoms with van der Waals surface area (Å²) >= 11 is 1.92. The van der Waals surface area contributed by atoms with E-state index in [4.69, 9.17) is 18.0 Å². The number of para-hydroxylation sites is 1. The van der Waals surface area contributed by atoms with E-state index in [0.717, 1.165) is 32.7 Å². The highest BCUT2D eigenvalue weighted by Gasteiger charge is 2.53. The van der Waals surface area contributed by atoms with Crippen LogP contribution in [0.1, 0.15) is 36.1 Å². The fourth-order valence-corrected chi connectivity index (χ4v) is 12.5. The first-order valence-corrected chi connectivity index (χ1v) is 21.0. The van der Waals surface area contributed by atoms with Gasteiger partial charge in [0.15, 0.2) is 0 Å². The van der Waals surface area contributed by atoms with E-state index in [-0.39, 0.29) is 5.92 Å². The van der Waals surface area contributed by atoms with Crippen LogP contribution < -0.4 is 26.9 Å². The summed E-state index contributed by atoms with van der Waals surface area (Å²) in [6, 6.07) is 47.6. The van der Waals surface area contributed by atoms with Gasteiger partial charge in [-0.15, -0.1) is 11.3 Å². The molecule has 3 heterocycles. The average Bonchev–Trinajstić information content (AvgIpc) is 3.95. The predicted octanol–water partition coefficient (Wildman–Crippen LogP) is 10.0. The van der Waals surface area contributed by atoms with Crippen LogP contribution in [0.15, 0.2) is 164 Å². The Balaban J connectivity index is 1.17. The van der Waals surface area contributed by atoms with E-state index in [1.54, 1.807) is 0 Å². The van der Waals surface area contributed by atoms with Crippen LogP contribution >= 0.6 is 11.3 Å². The molecule has 1 aliphatic heterocycles. The zero-order chi connectivity index (χ0) is 39.1. The number of hydrogen-bond donors (Lipinski definition) is 2. The monoisotopic (exact) mass is 766 g/mol. The van der Waals surface area contributed by atoms with E-state index in [9.17, 15) is 0 Å². The average molecular weight is 767 g/mol. The van der Waals surface area contributed by atoms with Gasteiger partial charge in [0, 0.05) is 59.8 Å². The number of thiophene rings is 1. The van der Waals surface area contributed by atoms with Crippen molar-refractivity contribution in [1.29, 1.82) is 0 Å². The third-order valence-corrected chi connectivity index (χ3v) is 14.8. The summed E-state index contributed by atoms with van der Waals surface area (Å²) in [4.78, 5) is 2.58. The molecule has 2 atom stereocenters. The molecule has 0 radical (unpaired) electrons. The van der Waals surface area contributed by atoms with Crippen molar-refractivity contribution in [1.82, 2.24) is 4.57 Å². The van der Waals surface area contributed by atoms with Gasteiger partial charge in [0.25, 0.3) is 0 Å². The zero-order valence-corrected chi connectivity index (χ0v) is 33.4. The minimum absolute atomic E-state index is 0.00613. The van der Waals surface area contributed by atoms with E-state index in [1.807, 2.05) is 18.3 Å². The van der Waals surface area contributed by atoms with Crippen LogP contribution in [0, 0.1) is 5.92 Å². The lowest BCUT2D eigenvalue weighted by Gasteiger charge is -2.46. The summed E-state index contributed by atoms with van der Waals surface area (Å²) in [5.41, 5.74) is 26.6. The summed E-state index contributed by atoms with van der Waals surface area (Å²) in [7, 11) is 0. The second-order valence-electron chi connectivity index (χ2n) is 16.9. The standard InChI is InChI=1S/C53H42N4S/c1-32-30-40-36-16-6-10-21-46(36)57(52(3,54)55)47(40)27-29-56(51(2)28-13-12-18-41(32)51)33-23-24-39-45(31-33)53(42-19-8-4-14-34(42)35-15-5-9-20-43(35)53)44-26-25-38-37-17-7-11-22-48(37)58-50(38)49(39)44/h4-28,30-31,41H,1,29,54-55H2,2-3H3/b40-30-,47-27+. The largest absolute Gasteiger partial charge is 0.358 e. The van der Waals surface area contributed by atoms with E-state index in [2.05, 4.69) is 180 Å². The summed E-state index contributed by atoms with van der Waals surface area (Å²) in [6.07, 6.45) is 13.6. The lowest BCUT2D eigenvalue weighted by atomic mass is 9.70. The maximum absolute atomic E-state index is 6.80. The molecule has 8 aromatic rings. The fraction of sp³-hybridized carbons (Fsp3) is 0.132. The van der Waals surface area contributed by atoms with Crippen molar-refractivity contribution in [3.8, 4) is 22.3 Å². The van der Waals surface area contributed by atoms with Crippen LogP contribution in [0.2, 0.25) is 0 Å². The van der Waals surface area contributed by atoms with Gasteiger partial charge in [0.1, 0.15) is 5.79 Å². The molecule has 0 saturated heterocycles. The maximum Gasteiger partial charge on any atom is 0.142 e. The molecule has 4 aliphatic rings. The van der Waals surface area contributed by atoms with Gasteiger partial charge < -0.3 is 9.47 Å². The number of rotatable bonds is 2. The predicted molar refractivity (Wildman–Crippen MR) is 244 cm³/mol. The van der Waals surface area contributed by atoms with Crippen molar-refractivity contribution in [2.75, 3.05) is 11.4 Å². The Morgan fingerprint density at radius 3 is 2.21 bits per heavy atom. The van der Waals surface area contributed by atoms with Crippen LogP contribution in [0.4, 0.5) is 5.69 Å². The Labute approximate surface area is 341 Å². The molecule has 280 valence electrons. The lowest BCUT2D eigenvalue weighted by molar-refractivity contribution is 0.350. The summed E-state index contributed by atoms with van der Waals surface area (Å²) in [5.74, 6) is -1.12. The van der Waals surface area contributed by atoms with Gasteiger partial charge in [0.2, 0.25) is 0 Å². The van der Waals surface area contributed by atoms with Crippen LogP contribution in [0.5, 0.6) is 0 Å². The van der Waals surface area contributed by atoms with Crippen molar-refractivity contribution in [3.63, 3.8) is 0 Å². The van der Waals surface area contributed by atoms with Crippen molar-refractivity contribution in [3.05, 3.63) is 197 Å². The molecule has 0 bridgehead atoms. The number of nitrogens with zero attached hydrogens (tertiary/aromatic N) is 2. The van der Waals surface area contributed by atoms with Crippen molar-refractivity contribution >= 4 is 60.3 Å². The Kier molecular flexibility index (Phi) is 6.82. The number of allylic oxidation sites excluding steroid dienone is 2. The van der Waals surface area contributed by atoms with E-state index >= 15 is 0 Å². The third-order valence-electron chi connectivity index (χ3n) is 13.6. The Morgan fingerprint density at radius 1 is 0.724 bits per heavy atom. The molecule has 0 fully saturated rings. The molecule has 6 aromatic carbocycles. The SMILES string of the molecule is C=C1/C=c2\c(n(C(C)(N)N)c3ccccc23)=C/CN(c2ccc3c(c2)C2(c4ccccc4-c4ccccc42)c2ccc4c(sc5ccccc54)c2-3)C2(C)C=CC=CC12. The number of benzene rings is 6. The van der Waals surface area contributed by atoms with Gasteiger partial charge in [0.05, 0.1) is 16.5 Å². The van der Waals surface area contributed by atoms with E-state index < -0.39 is 16.7 Å². The lowest BCUT2D eigenvalue weighted by Crippen LogP contribution is -2.54. The van der Waals surface area contributed by atoms with Gasteiger partial charge in [-0.05, 0) is 94.8 Å². The number of nitrogens with two attached hydrogens (primary N) is 2. The molecule has 0 amide bonds. The smallest absolute Gasteiger partial charge is 0.142 e. The molecule has 4 nitrogen and oxygen atoms in total. The Morgan fingerprint density at radius 2 is 1.43 bits per heavy atom. The van der Waals surface area contributed by atoms with Gasteiger partial charge in [-0.3, -0.25) is 11.5 Å². The van der Waals surface area contributed by atoms with Gasteiger partial charge in [-0.25, -0.2) is 0 Å². The molecule has 58 heavy (non-hydrogen) atoms. The molecule has 1 spiro atoms. The Hall–Kier alpha value is -6.24. The van der Waals surface area contributed by atoms with Crippen LogP contribution in [0.25, 0.3) is 65.5 Å². The summed E-state index contributed by atoms with van der Waals surface area (Å²) in [5, 5.41) is 5.87. The second-order valence-corrected chi connectivity index (χ2v) is 17.9. The molecule has 12 rings (SSSR count). The molecule has 3 aliphatic carbocycles. The third kappa shape index (κ3) is 4.25. The number of anilines is 1. The number of fused-ring (bicyclic) bond motifs is 18. The fourth-order valence-electron chi connectivity index (χ4n) is 11.2. The van der Waals surface area contributed by atoms with Crippen molar-refractivity contribution < 1.29 is 0 Å². The number of hydrogen-bond acceptors (Lipinski definition) is 4. The van der Waals surface area contributed by atoms with Crippen LogP contribution in [-0.2, 0) is 11.2 Å². The minimum atomic E-state index is -1.12. The zero-order valence-electron chi connectivity index (χ0n) is 32.5. The highest BCUT2D eigenvalue weighted by Crippen LogP contribution is 2.65. The van der Waals surface area contributed by atoms with E-state index in [0.29, 0.717) is 6.54 Å². The summed E-state index contributed by atoms with van der Waals surface area (Å²) < 4.78 is 4.77. The minimum Gasteiger partial charge on any atom is -0.358 e. The van der Waals surface area contributed by atoms with Crippen molar-refractivity contribution in [2.45, 2.75) is 30.6 Å². The van der Waals surface area contributed by atoms with Gasteiger partial charge >= 0.3 is 0 Å². The van der Waals surface area contributed by atoms with Crippen molar-refractivity contribution in [2.24, 2.45) is 17.4 Å². The van der Waals surface area contributed by atoms with Crippen LogP contribution in [-0.4, -0.2) is 16.7 Å². The molecule has 0 saturated carbocycles. The molecular weight excluding hydrogens is 725 g/mol. The first-order chi connectivity index (χ1) is 28.2. The first kappa shape index (κ1) is 33.9. The second kappa shape index (κ2) is 11.7. The molecular formula is C53H42N4S. The molecule has 5 heteroatoms. The quantitative estimate of drug-likeness (QED) is 0.172. The molecule has 4 N–H and O–H groups in total. The highest BCUT2D eigenvalue weighted by molar-refractivity contribution is 7.26. The Bertz CT molecular complexity index is 3270. The highest BCUT2D eigenvalue weighted by atomic mass is 32.1. The van der Waals surface area contributed by atoms with Crippen LogP contribution in [0.3, 0.4) is 0 Å². The van der Waals surface area contributed by atoms with Gasteiger partial charge in [-0.1, -0.05) is 134 Å². The number of aromatic nitrogens is 1. The van der Waals surface area contributed by atoms with Gasteiger partial charge in [-0.2, -0.15) is 0 Å². The molecule has 2 aromatic heterocycles. The normalized spacial score (nSPS) is 21.0. The first-order valence-electron chi connectivity index (χ1n) is 20.2. The van der Waals surface area contributed by atoms with E-state index in [1.165, 1.54) is 64.7 Å². The summed E-state index contributed by atoms with van der Waals surface area (Å²) in [6.45, 7) is 9.64. The maximum atomic E-state index is 6.80.